The molecule has 0 aliphatic heterocycles. The largest absolute Gasteiger partial charge is 0.358 e. The fourth-order valence-electron chi connectivity index (χ4n) is 3.84. The molecule has 134 valence electrons. The first-order chi connectivity index (χ1) is 13.8. The van der Waals surface area contributed by atoms with Crippen molar-refractivity contribution >= 4 is 10.9 Å². The summed E-state index contributed by atoms with van der Waals surface area (Å²) >= 11 is 0. The van der Waals surface area contributed by atoms with Gasteiger partial charge < -0.3 is 4.98 Å². The van der Waals surface area contributed by atoms with Crippen LogP contribution >= 0.6 is 0 Å². The van der Waals surface area contributed by atoms with Crippen LogP contribution in [0, 0.1) is 6.92 Å². The van der Waals surface area contributed by atoms with Crippen molar-refractivity contribution in [2.24, 2.45) is 0 Å². The van der Waals surface area contributed by atoms with E-state index < -0.39 is 0 Å². The van der Waals surface area contributed by atoms with Crippen molar-refractivity contribution in [2.45, 2.75) is 6.92 Å². The van der Waals surface area contributed by atoms with Crippen molar-refractivity contribution in [3.05, 3.63) is 103 Å². The second-order valence-electron chi connectivity index (χ2n) is 7.03. The van der Waals surface area contributed by atoms with Crippen molar-refractivity contribution < 1.29 is 0 Å². The van der Waals surface area contributed by atoms with Gasteiger partial charge in [-0.25, -0.2) is 4.98 Å². The van der Waals surface area contributed by atoms with Crippen molar-refractivity contribution in [1.29, 1.82) is 0 Å². The van der Waals surface area contributed by atoms with Gasteiger partial charge in [0.2, 0.25) is 0 Å². The number of benzene rings is 3. The molecule has 1 N–H and O–H groups in total. The van der Waals surface area contributed by atoms with Gasteiger partial charge in [-0.3, -0.25) is 0 Å². The molecule has 0 atom stereocenters. The number of nitrogens with zero attached hydrogens (tertiary/aromatic N) is 1. The lowest BCUT2D eigenvalue weighted by molar-refractivity contribution is 1.29. The summed E-state index contributed by atoms with van der Waals surface area (Å²) in [6, 6.07) is 33.6. The van der Waals surface area contributed by atoms with Gasteiger partial charge in [0, 0.05) is 33.3 Å². The van der Waals surface area contributed by atoms with Gasteiger partial charge in [0.15, 0.2) is 0 Å². The monoisotopic (exact) mass is 360 g/mol. The van der Waals surface area contributed by atoms with Gasteiger partial charge in [-0.05, 0) is 30.7 Å². The minimum absolute atomic E-state index is 0.988. The molecule has 0 amide bonds. The molecule has 0 saturated heterocycles. The lowest BCUT2D eigenvalue weighted by Crippen LogP contribution is -1.91. The maximum Gasteiger partial charge on any atom is 0.0715 e. The SMILES string of the molecule is Cc1[nH]c2ccccc2c1-c1cc(-c2ccccc2)nc(-c2ccccc2)c1. The van der Waals surface area contributed by atoms with Crippen LogP contribution in [0.25, 0.3) is 44.5 Å². The minimum atomic E-state index is 0.988. The van der Waals surface area contributed by atoms with Crippen LogP contribution in [-0.2, 0) is 0 Å². The first-order valence-electron chi connectivity index (χ1n) is 9.50. The molecule has 0 radical (unpaired) electrons. The summed E-state index contributed by atoms with van der Waals surface area (Å²) in [7, 11) is 0. The quantitative estimate of drug-likeness (QED) is 0.373. The second-order valence-corrected chi connectivity index (χ2v) is 7.03. The number of rotatable bonds is 3. The predicted molar refractivity (Wildman–Crippen MR) is 117 cm³/mol. The van der Waals surface area contributed by atoms with E-state index >= 15 is 0 Å². The van der Waals surface area contributed by atoms with Crippen molar-refractivity contribution in [1.82, 2.24) is 9.97 Å². The average molecular weight is 360 g/mol. The molecule has 0 spiro atoms. The molecule has 0 aliphatic carbocycles. The van der Waals surface area contributed by atoms with Crippen LogP contribution in [0.1, 0.15) is 5.69 Å². The van der Waals surface area contributed by atoms with Crippen molar-refractivity contribution in [3.63, 3.8) is 0 Å². The van der Waals surface area contributed by atoms with Gasteiger partial charge in [0.25, 0.3) is 0 Å². The van der Waals surface area contributed by atoms with Gasteiger partial charge in [-0.15, -0.1) is 0 Å². The Morgan fingerprint density at radius 2 is 1.14 bits per heavy atom. The highest BCUT2D eigenvalue weighted by Gasteiger charge is 2.14. The predicted octanol–water partition coefficient (Wildman–Crippen LogP) is 6.87. The Morgan fingerprint density at radius 1 is 0.607 bits per heavy atom. The lowest BCUT2D eigenvalue weighted by atomic mass is 9.98. The maximum atomic E-state index is 4.98. The third-order valence-corrected chi connectivity index (χ3v) is 5.15. The number of hydrogen-bond donors (Lipinski definition) is 1. The normalized spacial score (nSPS) is 11.0. The van der Waals surface area contributed by atoms with Crippen LogP contribution in [0.4, 0.5) is 0 Å². The number of fused-ring (bicyclic) bond motifs is 1. The standard InChI is InChI=1S/C26H20N2/c1-18-26(22-14-8-9-15-23(22)27-18)21-16-24(19-10-4-2-5-11-19)28-25(17-21)20-12-6-3-7-13-20/h2-17,27H,1H3. The Labute approximate surface area is 164 Å². The summed E-state index contributed by atoms with van der Waals surface area (Å²) in [5.41, 5.74) is 8.98. The molecular weight excluding hydrogens is 340 g/mol. The third kappa shape index (κ3) is 2.89. The molecule has 2 heteroatoms. The Kier molecular flexibility index (Phi) is 4.02. The molecule has 28 heavy (non-hydrogen) atoms. The van der Waals surface area contributed by atoms with Gasteiger partial charge >= 0.3 is 0 Å². The molecule has 0 saturated carbocycles. The number of pyridine rings is 1. The Hall–Kier alpha value is -3.65. The number of aromatic nitrogens is 2. The zero-order valence-corrected chi connectivity index (χ0v) is 15.7. The van der Waals surface area contributed by atoms with Gasteiger partial charge in [0.1, 0.15) is 0 Å². The van der Waals surface area contributed by atoms with E-state index in [2.05, 4.69) is 96.8 Å². The highest BCUT2D eigenvalue weighted by Crippen LogP contribution is 2.36. The van der Waals surface area contributed by atoms with E-state index in [1.807, 2.05) is 12.1 Å². The molecule has 2 aromatic heterocycles. The van der Waals surface area contributed by atoms with E-state index in [0.29, 0.717) is 0 Å². The van der Waals surface area contributed by atoms with Crippen LogP contribution in [0.15, 0.2) is 97.1 Å². The maximum absolute atomic E-state index is 4.98. The zero-order chi connectivity index (χ0) is 18.9. The fourth-order valence-corrected chi connectivity index (χ4v) is 3.84. The third-order valence-electron chi connectivity index (χ3n) is 5.15. The molecule has 2 nitrogen and oxygen atoms in total. The van der Waals surface area contributed by atoms with Crippen LogP contribution in [0.3, 0.4) is 0 Å². The van der Waals surface area contributed by atoms with E-state index in [1.54, 1.807) is 0 Å². The molecular formula is C26H20N2. The first kappa shape index (κ1) is 16.5. The minimum Gasteiger partial charge on any atom is -0.358 e. The summed E-state index contributed by atoms with van der Waals surface area (Å²) < 4.78 is 0. The van der Waals surface area contributed by atoms with E-state index in [4.69, 9.17) is 4.98 Å². The first-order valence-corrected chi connectivity index (χ1v) is 9.50. The van der Waals surface area contributed by atoms with E-state index in [-0.39, 0.29) is 0 Å². The van der Waals surface area contributed by atoms with Crippen LogP contribution in [0.5, 0.6) is 0 Å². The number of hydrogen-bond acceptors (Lipinski definition) is 1. The van der Waals surface area contributed by atoms with Gasteiger partial charge in [0.05, 0.1) is 11.4 Å². The molecule has 5 aromatic rings. The van der Waals surface area contributed by atoms with Crippen molar-refractivity contribution in [2.75, 3.05) is 0 Å². The summed E-state index contributed by atoms with van der Waals surface area (Å²) in [6.45, 7) is 2.14. The van der Waals surface area contributed by atoms with Gasteiger partial charge in [-0.2, -0.15) is 0 Å². The molecule has 5 rings (SSSR count). The summed E-state index contributed by atoms with van der Waals surface area (Å²) in [5, 5.41) is 1.24. The molecule has 0 unspecified atom stereocenters. The number of aromatic amines is 1. The summed E-state index contributed by atoms with van der Waals surface area (Å²) in [5.74, 6) is 0. The van der Waals surface area contributed by atoms with Crippen molar-refractivity contribution in [3.8, 4) is 33.6 Å². The zero-order valence-electron chi connectivity index (χ0n) is 15.7. The summed E-state index contributed by atoms with van der Waals surface area (Å²) in [6.07, 6.45) is 0. The summed E-state index contributed by atoms with van der Waals surface area (Å²) in [4.78, 5) is 8.51. The van der Waals surface area contributed by atoms with E-state index in [1.165, 1.54) is 22.2 Å². The molecule has 0 fully saturated rings. The van der Waals surface area contributed by atoms with Gasteiger partial charge in [-0.1, -0.05) is 78.9 Å². The molecule has 3 aromatic carbocycles. The Bertz CT molecular complexity index is 1190. The van der Waals surface area contributed by atoms with Crippen LogP contribution in [0.2, 0.25) is 0 Å². The Morgan fingerprint density at radius 3 is 1.75 bits per heavy atom. The topological polar surface area (TPSA) is 28.7 Å². The molecule has 0 aliphatic rings. The second kappa shape index (κ2) is 6.82. The van der Waals surface area contributed by atoms with E-state index in [0.717, 1.165) is 28.0 Å². The van der Waals surface area contributed by atoms with E-state index in [9.17, 15) is 0 Å². The smallest absolute Gasteiger partial charge is 0.0715 e. The molecule has 2 heterocycles. The fraction of sp³-hybridized carbons (Fsp3) is 0.0385. The molecule has 0 bridgehead atoms. The Balaban J connectivity index is 1.79. The highest BCUT2D eigenvalue weighted by molar-refractivity contribution is 5.98. The lowest BCUT2D eigenvalue weighted by Gasteiger charge is -2.10. The van der Waals surface area contributed by atoms with Crippen LogP contribution in [-0.4, -0.2) is 9.97 Å². The average Bonchev–Trinajstić information content (AvgIpc) is 3.10. The number of para-hydroxylation sites is 1. The number of H-pyrrole nitrogens is 1. The number of aryl methyl sites for hydroxylation is 1. The van der Waals surface area contributed by atoms with Crippen LogP contribution < -0.4 is 0 Å². The number of nitrogens with one attached hydrogen (secondary N) is 1. The highest BCUT2D eigenvalue weighted by atomic mass is 14.7.